The second-order valence-corrected chi connectivity index (χ2v) is 7.46. The number of alkyl halides is 2. The van der Waals surface area contributed by atoms with Crippen LogP contribution < -0.4 is 20.1 Å². The Kier molecular flexibility index (Phi) is 7.37. The number of carbonyl (C=O) groups is 1. The molecule has 9 heteroatoms. The first-order valence-corrected chi connectivity index (χ1v) is 10.0. The van der Waals surface area contributed by atoms with Crippen LogP contribution in [0.1, 0.15) is 5.56 Å². The second-order valence-electron chi connectivity index (χ2n) is 6.17. The topological polar surface area (TPSA) is 62.4 Å². The summed E-state index contributed by atoms with van der Waals surface area (Å²) in [6, 6.07) is 18.1. The number of nitrogens with one attached hydrogen (secondary N) is 3. The summed E-state index contributed by atoms with van der Waals surface area (Å²) < 4.78 is 31.9. The van der Waals surface area contributed by atoms with Crippen molar-refractivity contribution in [3.8, 4) is 5.75 Å². The number of carbonyl (C=O) groups excluding carboxylic acids is 1. The molecule has 3 aromatic rings. The molecule has 0 atom stereocenters. The van der Waals surface area contributed by atoms with Crippen LogP contribution in [-0.4, -0.2) is 12.6 Å². The highest BCUT2D eigenvalue weighted by Crippen LogP contribution is 2.28. The number of anilines is 3. The molecule has 30 heavy (non-hydrogen) atoms. The minimum absolute atomic E-state index is 0.0179. The number of aryl methyl sites for hydroxylation is 1. The van der Waals surface area contributed by atoms with E-state index in [2.05, 4.69) is 20.1 Å². The molecule has 0 aliphatic rings. The molecule has 0 saturated heterocycles. The molecule has 0 heterocycles. The van der Waals surface area contributed by atoms with E-state index in [4.69, 9.17) is 11.6 Å². The predicted octanol–water partition coefficient (Wildman–Crippen LogP) is 7.01. The Balaban J connectivity index is 1.58. The van der Waals surface area contributed by atoms with E-state index in [0.29, 0.717) is 16.4 Å². The molecule has 3 N–H and O–H groups in total. The van der Waals surface area contributed by atoms with Gasteiger partial charge in [0.05, 0.1) is 0 Å². The van der Waals surface area contributed by atoms with E-state index in [1.54, 1.807) is 18.2 Å². The van der Waals surface area contributed by atoms with Gasteiger partial charge in [-0.2, -0.15) is 8.78 Å². The van der Waals surface area contributed by atoms with E-state index in [9.17, 15) is 13.6 Å². The van der Waals surface area contributed by atoms with Gasteiger partial charge in [0.1, 0.15) is 5.75 Å². The normalized spacial score (nSPS) is 10.6. The minimum Gasteiger partial charge on any atom is -0.435 e. The zero-order chi connectivity index (χ0) is 21.5. The molecule has 3 aromatic carbocycles. The molecule has 3 rings (SSSR count). The number of benzene rings is 3. The maximum absolute atomic E-state index is 12.2. The first kappa shape index (κ1) is 21.7. The van der Waals surface area contributed by atoms with Crippen LogP contribution in [-0.2, 0) is 0 Å². The Bertz CT molecular complexity index is 1000. The molecule has 0 aliphatic carbocycles. The summed E-state index contributed by atoms with van der Waals surface area (Å²) in [7, 11) is 0. The van der Waals surface area contributed by atoms with Crippen LogP contribution in [0, 0.1) is 6.92 Å². The highest BCUT2D eigenvalue weighted by molar-refractivity contribution is 8.00. The third-order valence-corrected chi connectivity index (χ3v) is 5.16. The molecule has 0 unspecified atom stereocenters. The predicted molar refractivity (Wildman–Crippen MR) is 118 cm³/mol. The fourth-order valence-electron chi connectivity index (χ4n) is 2.43. The lowest BCUT2D eigenvalue weighted by Crippen LogP contribution is -2.19. The first-order chi connectivity index (χ1) is 14.4. The Morgan fingerprint density at radius 1 is 0.933 bits per heavy atom. The van der Waals surface area contributed by atoms with Gasteiger partial charge in [0, 0.05) is 27.0 Å². The van der Waals surface area contributed by atoms with E-state index in [1.807, 2.05) is 31.2 Å². The van der Waals surface area contributed by atoms with Gasteiger partial charge < -0.3 is 20.1 Å². The number of rotatable bonds is 7. The molecule has 5 nitrogen and oxygen atoms in total. The highest BCUT2D eigenvalue weighted by Gasteiger charge is 2.08. The Morgan fingerprint density at radius 2 is 1.53 bits per heavy atom. The van der Waals surface area contributed by atoms with Gasteiger partial charge in [-0.15, -0.1) is 0 Å². The van der Waals surface area contributed by atoms with Crippen LogP contribution in [0.15, 0.2) is 71.6 Å². The lowest BCUT2D eigenvalue weighted by atomic mass is 10.2. The van der Waals surface area contributed by atoms with Gasteiger partial charge in [0.15, 0.2) is 0 Å². The second kappa shape index (κ2) is 10.2. The molecule has 0 bridgehead atoms. The fourth-order valence-corrected chi connectivity index (χ4v) is 3.34. The Hall–Kier alpha value is -2.97. The number of hydrogen-bond acceptors (Lipinski definition) is 4. The number of amides is 2. The number of halogens is 3. The van der Waals surface area contributed by atoms with Crippen molar-refractivity contribution in [3.63, 3.8) is 0 Å². The summed E-state index contributed by atoms with van der Waals surface area (Å²) in [5, 5.41) is 6.05. The van der Waals surface area contributed by atoms with Crippen LogP contribution in [0.25, 0.3) is 0 Å². The molecular weight excluding hydrogens is 432 g/mol. The third-order valence-electron chi connectivity index (χ3n) is 3.91. The smallest absolute Gasteiger partial charge is 0.387 e. The molecule has 2 amide bonds. The van der Waals surface area contributed by atoms with Crippen molar-refractivity contribution in [2.75, 3.05) is 15.4 Å². The molecule has 0 spiro atoms. The summed E-state index contributed by atoms with van der Waals surface area (Å²) in [5.41, 5.74) is 3.00. The monoisotopic (exact) mass is 449 g/mol. The van der Waals surface area contributed by atoms with Crippen LogP contribution >= 0.6 is 23.5 Å². The van der Waals surface area contributed by atoms with Crippen LogP contribution in [0.3, 0.4) is 0 Å². The third kappa shape index (κ3) is 6.53. The Labute approximate surface area is 181 Å². The molecular formula is C21H18ClF2N3O2S. The lowest BCUT2D eigenvalue weighted by molar-refractivity contribution is -0.0498. The van der Waals surface area contributed by atoms with Crippen molar-refractivity contribution < 1.29 is 18.3 Å². The summed E-state index contributed by atoms with van der Waals surface area (Å²) >= 11 is 7.31. The zero-order valence-corrected chi connectivity index (χ0v) is 17.4. The van der Waals surface area contributed by atoms with Gasteiger partial charge in [-0.25, -0.2) is 4.79 Å². The highest BCUT2D eigenvalue weighted by atomic mass is 35.5. The molecule has 0 radical (unpaired) electrons. The zero-order valence-electron chi connectivity index (χ0n) is 15.8. The van der Waals surface area contributed by atoms with Gasteiger partial charge in [-0.1, -0.05) is 17.7 Å². The average molecular weight is 450 g/mol. The summed E-state index contributed by atoms with van der Waals surface area (Å²) in [5.74, 6) is 0.0179. The van der Waals surface area contributed by atoms with Gasteiger partial charge in [0.25, 0.3) is 0 Å². The van der Waals surface area contributed by atoms with Gasteiger partial charge in [-0.3, -0.25) is 0 Å². The minimum atomic E-state index is -2.89. The Morgan fingerprint density at radius 3 is 2.20 bits per heavy atom. The molecule has 0 saturated carbocycles. The van der Waals surface area contributed by atoms with E-state index in [-0.39, 0.29) is 5.75 Å². The first-order valence-electron chi connectivity index (χ1n) is 8.81. The van der Waals surface area contributed by atoms with Crippen LogP contribution in [0.5, 0.6) is 5.75 Å². The SMILES string of the molecule is Cc1ccc(NC(=O)Nc2ccc(OC(F)F)cc2)cc1SNc1ccc(Cl)cc1. The molecule has 0 fully saturated rings. The number of urea groups is 1. The lowest BCUT2D eigenvalue weighted by Gasteiger charge is -2.12. The van der Waals surface area contributed by atoms with Gasteiger partial charge in [0.2, 0.25) is 0 Å². The van der Waals surface area contributed by atoms with Crippen molar-refractivity contribution in [2.24, 2.45) is 0 Å². The fraction of sp³-hybridized carbons (Fsp3) is 0.0952. The number of hydrogen-bond donors (Lipinski definition) is 3. The maximum Gasteiger partial charge on any atom is 0.387 e. The standard InChI is InChI=1S/C21H18ClF2N3O2S/c1-13-2-5-17(12-19(13)30-27-16-6-3-14(22)4-7-16)26-21(28)25-15-8-10-18(11-9-15)29-20(23)24/h2-12,20,27H,1H3,(H2,25,26,28). The van der Waals surface area contributed by atoms with E-state index in [0.717, 1.165) is 16.1 Å². The summed E-state index contributed by atoms with van der Waals surface area (Å²) in [4.78, 5) is 13.2. The average Bonchev–Trinajstić information content (AvgIpc) is 2.70. The molecule has 0 aromatic heterocycles. The van der Waals surface area contributed by atoms with E-state index >= 15 is 0 Å². The largest absolute Gasteiger partial charge is 0.435 e. The summed E-state index contributed by atoms with van der Waals surface area (Å²) in [6.07, 6.45) is 0. The summed E-state index contributed by atoms with van der Waals surface area (Å²) in [6.45, 7) is -0.923. The van der Waals surface area contributed by atoms with Gasteiger partial charge >= 0.3 is 12.6 Å². The van der Waals surface area contributed by atoms with E-state index < -0.39 is 12.6 Å². The van der Waals surface area contributed by atoms with Crippen molar-refractivity contribution in [3.05, 3.63) is 77.3 Å². The van der Waals surface area contributed by atoms with Crippen molar-refractivity contribution in [1.82, 2.24) is 0 Å². The molecule has 0 aliphatic heterocycles. The molecule has 156 valence electrons. The van der Waals surface area contributed by atoms with Crippen LogP contribution in [0.2, 0.25) is 5.02 Å². The quantitative estimate of drug-likeness (QED) is 0.339. The maximum atomic E-state index is 12.2. The van der Waals surface area contributed by atoms with E-state index in [1.165, 1.54) is 36.2 Å². The van der Waals surface area contributed by atoms with Gasteiger partial charge in [-0.05, 0) is 85.1 Å². The number of ether oxygens (including phenoxy) is 1. The van der Waals surface area contributed by atoms with Crippen LogP contribution in [0.4, 0.5) is 30.6 Å². The van der Waals surface area contributed by atoms with Crippen molar-refractivity contribution in [2.45, 2.75) is 18.4 Å². The van der Waals surface area contributed by atoms with Crippen molar-refractivity contribution >= 4 is 46.6 Å². The van der Waals surface area contributed by atoms with Crippen molar-refractivity contribution in [1.29, 1.82) is 0 Å².